The molecule has 6 nitrogen and oxygen atoms in total. The second-order valence-corrected chi connectivity index (χ2v) is 9.81. The summed E-state index contributed by atoms with van der Waals surface area (Å²) in [6.45, 7) is 7.83. The average Bonchev–Trinajstić information content (AvgIpc) is 2.65. The highest BCUT2D eigenvalue weighted by molar-refractivity contribution is 7.91. The molecule has 0 amide bonds. The summed E-state index contributed by atoms with van der Waals surface area (Å²) in [4.78, 5) is 2.17. The van der Waals surface area contributed by atoms with Gasteiger partial charge in [-0.05, 0) is 69.4 Å². The Balaban J connectivity index is 0.00000280. The number of nitrogens with zero attached hydrogens (tertiary/aromatic N) is 1. The van der Waals surface area contributed by atoms with Crippen LogP contribution in [0.5, 0.6) is 11.5 Å². The summed E-state index contributed by atoms with van der Waals surface area (Å²) in [5, 5.41) is 2.92. The van der Waals surface area contributed by atoms with Crippen LogP contribution in [-0.4, -0.2) is 63.8 Å². The molecule has 2 atom stereocenters. The molecule has 0 aromatic heterocycles. The number of nitrogens with one attached hydrogen (secondary N) is 1. The van der Waals surface area contributed by atoms with E-state index in [1.807, 2.05) is 12.1 Å². The summed E-state index contributed by atoms with van der Waals surface area (Å²) < 4.78 is 36.6. The Morgan fingerprint density at radius 2 is 1.82 bits per heavy atom. The van der Waals surface area contributed by atoms with Crippen LogP contribution in [-0.2, 0) is 16.3 Å². The number of piperidine rings is 1. The molecule has 1 N–H and O–H groups in total. The summed E-state index contributed by atoms with van der Waals surface area (Å²) in [5.41, 5.74) is 1.14. The van der Waals surface area contributed by atoms with E-state index in [0.717, 1.165) is 49.4 Å². The lowest BCUT2D eigenvalue weighted by atomic mass is 9.95. The number of hydrogen-bond acceptors (Lipinski definition) is 6. The van der Waals surface area contributed by atoms with Gasteiger partial charge >= 0.3 is 0 Å². The van der Waals surface area contributed by atoms with Crippen LogP contribution in [0.3, 0.4) is 0 Å². The maximum atomic E-state index is 12.7. The van der Waals surface area contributed by atoms with Gasteiger partial charge in [0.15, 0.2) is 21.3 Å². The van der Waals surface area contributed by atoms with Crippen molar-refractivity contribution in [1.29, 1.82) is 0 Å². The first-order chi connectivity index (χ1) is 12.9. The van der Waals surface area contributed by atoms with Crippen LogP contribution in [0.25, 0.3) is 0 Å². The van der Waals surface area contributed by atoms with Crippen LogP contribution in [0, 0.1) is 5.92 Å². The van der Waals surface area contributed by atoms with Gasteiger partial charge < -0.3 is 14.8 Å². The lowest BCUT2D eigenvalue weighted by molar-refractivity contribution is 0.138. The fourth-order valence-electron chi connectivity index (χ4n) is 4.41. The molecule has 0 bridgehead atoms. The number of fused-ring (bicyclic) bond motifs is 1. The van der Waals surface area contributed by atoms with Crippen molar-refractivity contribution >= 4 is 22.2 Å². The molecule has 0 saturated carbocycles. The number of benzene rings is 1. The molecule has 1 fully saturated rings. The zero-order valence-corrected chi connectivity index (χ0v) is 18.7. The van der Waals surface area contributed by atoms with Crippen LogP contribution < -0.4 is 14.8 Å². The molecular formula is C20H33ClN2O4S. The van der Waals surface area contributed by atoms with E-state index in [2.05, 4.69) is 30.1 Å². The van der Waals surface area contributed by atoms with E-state index in [0.29, 0.717) is 19.8 Å². The smallest absolute Gasteiger partial charge is 0.163 e. The third kappa shape index (κ3) is 5.53. The third-order valence-electron chi connectivity index (χ3n) is 5.62. The Morgan fingerprint density at radius 3 is 2.43 bits per heavy atom. The van der Waals surface area contributed by atoms with E-state index < -0.39 is 15.2 Å². The summed E-state index contributed by atoms with van der Waals surface area (Å²) >= 11 is 0. The van der Waals surface area contributed by atoms with Crippen molar-refractivity contribution in [3.05, 3.63) is 23.8 Å². The van der Waals surface area contributed by atoms with Gasteiger partial charge in [-0.15, -0.1) is 12.4 Å². The minimum atomic E-state index is -3.17. The number of ether oxygens (including phenoxy) is 2. The molecule has 2 aliphatic heterocycles. The van der Waals surface area contributed by atoms with Gasteiger partial charge in [0.25, 0.3) is 0 Å². The van der Waals surface area contributed by atoms with Crippen LogP contribution in [0.2, 0.25) is 0 Å². The minimum absolute atomic E-state index is 0. The maximum Gasteiger partial charge on any atom is 0.163 e. The van der Waals surface area contributed by atoms with Crippen molar-refractivity contribution in [2.45, 2.75) is 44.5 Å². The predicted octanol–water partition coefficient (Wildman–Crippen LogP) is 2.50. The van der Waals surface area contributed by atoms with E-state index in [4.69, 9.17) is 9.47 Å². The lowest BCUT2D eigenvalue weighted by Gasteiger charge is -2.40. The molecule has 1 aromatic carbocycles. The first-order valence-electron chi connectivity index (χ1n) is 9.94. The van der Waals surface area contributed by atoms with Gasteiger partial charge in [-0.3, -0.25) is 4.90 Å². The van der Waals surface area contributed by atoms with E-state index in [1.165, 1.54) is 6.26 Å². The number of likely N-dealkylation sites (N-methyl/N-ethyl adjacent to an activating group) is 1. The Hall–Kier alpha value is -1.02. The Labute approximate surface area is 175 Å². The standard InChI is InChI=1S/C20H32N2O4S.ClH/c1-4-22(20(27(3,23)24)17-7-9-21-10-8-17)15(2)13-16-5-6-18-19(14-16)26-12-11-25-18;/h5-6,14-15,17,20-21H,4,7-13H2,1-3H3;1H. The van der Waals surface area contributed by atoms with Crippen molar-refractivity contribution in [3.8, 4) is 11.5 Å². The molecule has 2 heterocycles. The highest BCUT2D eigenvalue weighted by atomic mass is 35.5. The molecule has 3 rings (SSSR count). The zero-order valence-electron chi connectivity index (χ0n) is 17.0. The largest absolute Gasteiger partial charge is 0.486 e. The average molecular weight is 433 g/mol. The first kappa shape index (κ1) is 23.3. The van der Waals surface area contributed by atoms with Gasteiger partial charge in [0.1, 0.15) is 18.6 Å². The van der Waals surface area contributed by atoms with Gasteiger partial charge in [-0.1, -0.05) is 13.0 Å². The maximum absolute atomic E-state index is 12.7. The van der Waals surface area contributed by atoms with Gasteiger partial charge in [-0.25, -0.2) is 8.42 Å². The first-order valence-corrected chi connectivity index (χ1v) is 11.9. The molecule has 8 heteroatoms. The highest BCUT2D eigenvalue weighted by Crippen LogP contribution is 2.32. The Morgan fingerprint density at radius 1 is 1.18 bits per heavy atom. The van der Waals surface area contributed by atoms with E-state index in [-0.39, 0.29) is 24.4 Å². The van der Waals surface area contributed by atoms with E-state index >= 15 is 0 Å². The topological polar surface area (TPSA) is 67.9 Å². The summed E-state index contributed by atoms with van der Waals surface area (Å²) in [7, 11) is -3.17. The molecular weight excluding hydrogens is 400 g/mol. The molecule has 1 aromatic rings. The minimum Gasteiger partial charge on any atom is -0.486 e. The van der Waals surface area contributed by atoms with E-state index in [1.54, 1.807) is 0 Å². The summed E-state index contributed by atoms with van der Waals surface area (Å²) in [6.07, 6.45) is 3.98. The second-order valence-electron chi connectivity index (χ2n) is 7.67. The van der Waals surface area contributed by atoms with Crippen LogP contribution in [0.4, 0.5) is 0 Å². The molecule has 2 aliphatic rings. The normalized spacial score (nSPS) is 19.7. The molecule has 0 spiro atoms. The Bertz CT molecular complexity index is 738. The van der Waals surface area contributed by atoms with Gasteiger partial charge in [0.05, 0.1) is 0 Å². The molecule has 0 aliphatic carbocycles. The van der Waals surface area contributed by atoms with Gasteiger partial charge in [0, 0.05) is 12.3 Å². The highest BCUT2D eigenvalue weighted by Gasteiger charge is 2.37. The van der Waals surface area contributed by atoms with Crippen molar-refractivity contribution in [3.63, 3.8) is 0 Å². The molecule has 0 radical (unpaired) electrons. The summed E-state index contributed by atoms with van der Waals surface area (Å²) in [6, 6.07) is 6.15. The number of halogens is 1. The summed E-state index contributed by atoms with van der Waals surface area (Å²) in [5.74, 6) is 1.75. The second kappa shape index (κ2) is 10.1. The molecule has 1 saturated heterocycles. The number of rotatable bonds is 7. The van der Waals surface area contributed by atoms with Crippen LogP contribution in [0.1, 0.15) is 32.3 Å². The van der Waals surface area contributed by atoms with Crippen molar-refractivity contribution in [2.75, 3.05) is 39.1 Å². The molecule has 2 unspecified atom stereocenters. The van der Waals surface area contributed by atoms with Crippen molar-refractivity contribution in [2.24, 2.45) is 5.92 Å². The SMILES string of the molecule is CCN(C(C)Cc1ccc2c(c1)OCCO2)C(C1CCNCC1)S(C)(=O)=O.Cl. The van der Waals surface area contributed by atoms with Gasteiger partial charge in [0.2, 0.25) is 0 Å². The number of hydrogen-bond donors (Lipinski definition) is 1. The predicted molar refractivity (Wildman–Crippen MR) is 114 cm³/mol. The number of sulfone groups is 1. The van der Waals surface area contributed by atoms with Crippen molar-refractivity contribution in [1.82, 2.24) is 10.2 Å². The monoisotopic (exact) mass is 432 g/mol. The fourth-order valence-corrected chi connectivity index (χ4v) is 6.23. The zero-order chi connectivity index (χ0) is 19.4. The van der Waals surface area contributed by atoms with Crippen molar-refractivity contribution < 1.29 is 17.9 Å². The fraction of sp³-hybridized carbons (Fsp3) is 0.700. The molecule has 28 heavy (non-hydrogen) atoms. The van der Waals surface area contributed by atoms with E-state index in [9.17, 15) is 8.42 Å². The third-order valence-corrected chi connectivity index (χ3v) is 7.15. The van der Waals surface area contributed by atoms with Crippen LogP contribution >= 0.6 is 12.4 Å². The lowest BCUT2D eigenvalue weighted by Crippen LogP contribution is -2.52. The van der Waals surface area contributed by atoms with Crippen LogP contribution in [0.15, 0.2) is 18.2 Å². The quantitative estimate of drug-likeness (QED) is 0.714. The van der Waals surface area contributed by atoms with Gasteiger partial charge in [-0.2, -0.15) is 0 Å². The Kier molecular flexibility index (Phi) is 8.43. The molecule has 160 valence electrons.